The van der Waals surface area contributed by atoms with Gasteiger partial charge in [-0.2, -0.15) is 0 Å². The summed E-state index contributed by atoms with van der Waals surface area (Å²) in [5, 5.41) is 3.51. The maximum atomic E-state index is 12.1. The van der Waals surface area contributed by atoms with Crippen molar-refractivity contribution in [3.05, 3.63) is 29.8 Å². The highest BCUT2D eigenvalue weighted by Crippen LogP contribution is 2.29. The normalized spacial score (nSPS) is 23.0. The maximum Gasteiger partial charge on any atom is 0.573 e. The predicted octanol–water partition coefficient (Wildman–Crippen LogP) is 3.52. The van der Waals surface area contributed by atoms with Crippen molar-refractivity contribution in [2.75, 3.05) is 0 Å². The molecule has 0 bridgehead atoms. The van der Waals surface area contributed by atoms with Crippen LogP contribution >= 0.6 is 12.2 Å². The number of carbonyl (C=O) groups excluding carboxylic acids is 1. The zero-order valence-corrected chi connectivity index (χ0v) is 15.3. The van der Waals surface area contributed by atoms with Gasteiger partial charge in [0.2, 0.25) is 0 Å². The van der Waals surface area contributed by atoms with Gasteiger partial charge in [0, 0.05) is 11.6 Å². The number of carbonyl (C=O) groups is 1. The van der Waals surface area contributed by atoms with Gasteiger partial charge in [-0.05, 0) is 54.7 Å². The summed E-state index contributed by atoms with van der Waals surface area (Å²) >= 11 is 5.19. The molecule has 26 heavy (non-hydrogen) atoms. The Bertz CT molecular complexity index is 637. The Balaban J connectivity index is 1.81. The zero-order valence-electron chi connectivity index (χ0n) is 14.5. The van der Waals surface area contributed by atoms with E-state index >= 15 is 0 Å². The molecule has 3 N–H and O–H groups in total. The molecule has 144 valence electrons. The molecule has 1 aliphatic carbocycles. The minimum atomic E-state index is -4.77. The average Bonchev–Trinajstić information content (AvgIpc) is 2.56. The lowest BCUT2D eigenvalue weighted by molar-refractivity contribution is -0.274. The molecule has 0 saturated heterocycles. The van der Waals surface area contributed by atoms with E-state index in [2.05, 4.69) is 34.8 Å². The average molecular weight is 389 g/mol. The molecule has 1 aromatic carbocycles. The van der Waals surface area contributed by atoms with Crippen molar-refractivity contribution < 1.29 is 22.7 Å². The van der Waals surface area contributed by atoms with Crippen molar-refractivity contribution >= 4 is 23.2 Å². The number of nitrogens with one attached hydrogen (secondary N) is 3. The second-order valence-electron chi connectivity index (χ2n) is 6.50. The number of benzene rings is 1. The number of thiocarbonyl (C=S) groups is 1. The van der Waals surface area contributed by atoms with Gasteiger partial charge < -0.3 is 10.1 Å². The van der Waals surface area contributed by atoms with Crippen LogP contribution in [-0.4, -0.2) is 23.4 Å². The predicted molar refractivity (Wildman–Crippen MR) is 95.4 cm³/mol. The smallest absolute Gasteiger partial charge is 0.406 e. The summed E-state index contributed by atoms with van der Waals surface area (Å²) in [4.78, 5) is 12.0. The lowest BCUT2D eigenvalue weighted by atomic mass is 9.78. The summed E-state index contributed by atoms with van der Waals surface area (Å²) in [5.41, 5.74) is 5.23. The van der Waals surface area contributed by atoms with E-state index in [-0.39, 0.29) is 17.4 Å². The number of halogens is 3. The number of amides is 1. The van der Waals surface area contributed by atoms with Gasteiger partial charge in [-0.15, -0.1) is 13.2 Å². The fourth-order valence-corrected chi connectivity index (χ4v) is 3.19. The van der Waals surface area contributed by atoms with Crippen LogP contribution < -0.4 is 20.9 Å². The van der Waals surface area contributed by atoms with Gasteiger partial charge in [0.1, 0.15) is 5.75 Å². The first-order valence-corrected chi connectivity index (χ1v) is 8.79. The molecule has 0 heterocycles. The lowest BCUT2D eigenvalue weighted by Crippen LogP contribution is -2.52. The van der Waals surface area contributed by atoms with E-state index in [4.69, 9.17) is 12.2 Å². The molecule has 2 rings (SSSR count). The van der Waals surface area contributed by atoms with Crippen LogP contribution in [0.25, 0.3) is 0 Å². The molecule has 9 heteroatoms. The van der Waals surface area contributed by atoms with E-state index in [1.807, 2.05) is 0 Å². The fraction of sp³-hybridized carbons (Fsp3) is 0.529. The van der Waals surface area contributed by atoms with Crippen molar-refractivity contribution in [2.45, 2.75) is 45.5 Å². The van der Waals surface area contributed by atoms with Gasteiger partial charge in [0.25, 0.3) is 5.91 Å². The highest BCUT2D eigenvalue weighted by atomic mass is 32.1. The Morgan fingerprint density at radius 1 is 1.15 bits per heavy atom. The van der Waals surface area contributed by atoms with Crippen molar-refractivity contribution in [1.29, 1.82) is 0 Å². The molecule has 1 saturated carbocycles. The second-order valence-corrected chi connectivity index (χ2v) is 6.91. The van der Waals surface area contributed by atoms with Gasteiger partial charge in [-0.25, -0.2) is 0 Å². The third-order valence-corrected chi connectivity index (χ3v) is 4.88. The van der Waals surface area contributed by atoms with Crippen molar-refractivity contribution in [2.24, 2.45) is 11.8 Å². The molecule has 1 fully saturated rings. The Morgan fingerprint density at radius 3 is 2.42 bits per heavy atom. The first kappa shape index (κ1) is 20.3. The van der Waals surface area contributed by atoms with Gasteiger partial charge in [0.15, 0.2) is 5.11 Å². The van der Waals surface area contributed by atoms with E-state index in [1.54, 1.807) is 0 Å². The molecule has 0 radical (unpaired) electrons. The van der Waals surface area contributed by atoms with E-state index in [1.165, 1.54) is 18.6 Å². The molecular weight excluding hydrogens is 367 g/mol. The Kier molecular flexibility index (Phi) is 6.69. The molecule has 0 aliphatic heterocycles. The van der Waals surface area contributed by atoms with Crippen molar-refractivity contribution in [3.63, 3.8) is 0 Å². The standard InChI is InChI=1S/C17H22F3N3O2S/c1-10-4-3-5-14(11(10)2)21-16(26)23-22-15(24)12-6-8-13(9-7-12)25-17(18,19)20/h6-11,14H,3-5H2,1-2H3,(H,22,24)(H2,21,23,26)/t10-,11-,14+/m1/s1. The lowest BCUT2D eigenvalue weighted by Gasteiger charge is -2.35. The van der Waals surface area contributed by atoms with Crippen LogP contribution in [0.15, 0.2) is 24.3 Å². The SMILES string of the molecule is C[C@@H]1[C@H](C)CCC[C@@H]1NC(=S)NNC(=O)c1ccc(OC(F)(F)F)cc1. The zero-order chi connectivity index (χ0) is 19.3. The van der Waals surface area contributed by atoms with Crippen LogP contribution in [-0.2, 0) is 0 Å². The molecule has 0 unspecified atom stereocenters. The molecule has 3 atom stereocenters. The van der Waals surface area contributed by atoms with E-state index in [9.17, 15) is 18.0 Å². The molecule has 1 amide bonds. The molecule has 1 aliphatic rings. The van der Waals surface area contributed by atoms with Crippen LogP contribution in [0.5, 0.6) is 5.75 Å². The minimum absolute atomic E-state index is 0.175. The van der Waals surface area contributed by atoms with Gasteiger partial charge in [-0.3, -0.25) is 15.6 Å². The summed E-state index contributed by atoms with van der Waals surface area (Å²) in [7, 11) is 0. The third kappa shape index (κ3) is 6.05. The molecule has 0 spiro atoms. The molecular formula is C17H22F3N3O2S. The number of rotatable bonds is 3. The van der Waals surface area contributed by atoms with Crippen molar-refractivity contribution in [1.82, 2.24) is 16.2 Å². The third-order valence-electron chi connectivity index (χ3n) is 4.66. The highest BCUT2D eigenvalue weighted by Gasteiger charge is 2.31. The molecule has 5 nitrogen and oxygen atoms in total. The van der Waals surface area contributed by atoms with E-state index in [0.29, 0.717) is 16.9 Å². The fourth-order valence-electron chi connectivity index (χ4n) is 2.98. The summed E-state index contributed by atoms with van der Waals surface area (Å²) < 4.78 is 40.1. The van der Waals surface area contributed by atoms with Crippen LogP contribution in [0.3, 0.4) is 0 Å². The Labute approximate surface area is 155 Å². The van der Waals surface area contributed by atoms with Gasteiger partial charge in [-0.1, -0.05) is 26.7 Å². The number of hydrogen-bond donors (Lipinski definition) is 3. The maximum absolute atomic E-state index is 12.1. The molecule has 1 aromatic rings. The second kappa shape index (κ2) is 8.57. The first-order chi connectivity index (χ1) is 12.2. The largest absolute Gasteiger partial charge is 0.573 e. The summed E-state index contributed by atoms with van der Waals surface area (Å²) in [5.74, 6) is 0.175. The van der Waals surface area contributed by atoms with Crippen LogP contribution in [0.4, 0.5) is 13.2 Å². The van der Waals surface area contributed by atoms with Gasteiger partial charge >= 0.3 is 6.36 Å². The topological polar surface area (TPSA) is 62.4 Å². The Hall–Kier alpha value is -2.03. The van der Waals surface area contributed by atoms with E-state index in [0.717, 1.165) is 25.0 Å². The minimum Gasteiger partial charge on any atom is -0.406 e. The number of alkyl halides is 3. The van der Waals surface area contributed by atoms with E-state index < -0.39 is 12.3 Å². The number of ether oxygens (including phenoxy) is 1. The Morgan fingerprint density at radius 2 is 1.81 bits per heavy atom. The van der Waals surface area contributed by atoms with Crippen LogP contribution in [0.2, 0.25) is 0 Å². The quantitative estimate of drug-likeness (QED) is 0.545. The van der Waals surface area contributed by atoms with Crippen LogP contribution in [0.1, 0.15) is 43.5 Å². The highest BCUT2D eigenvalue weighted by molar-refractivity contribution is 7.80. The molecule has 0 aromatic heterocycles. The van der Waals surface area contributed by atoms with Crippen molar-refractivity contribution in [3.8, 4) is 5.75 Å². The van der Waals surface area contributed by atoms with Gasteiger partial charge in [0.05, 0.1) is 0 Å². The number of hydrogen-bond acceptors (Lipinski definition) is 3. The monoisotopic (exact) mass is 389 g/mol. The summed E-state index contributed by atoms with van der Waals surface area (Å²) in [6.07, 6.45) is -1.42. The summed E-state index contributed by atoms with van der Waals surface area (Å²) in [6.45, 7) is 4.39. The number of hydrazine groups is 1. The van der Waals surface area contributed by atoms with Crippen LogP contribution in [0, 0.1) is 11.8 Å². The first-order valence-electron chi connectivity index (χ1n) is 8.38. The summed E-state index contributed by atoms with van der Waals surface area (Å²) in [6, 6.07) is 4.86.